The molecule has 1 aliphatic heterocycles. The van der Waals surface area contributed by atoms with Gasteiger partial charge in [-0.3, -0.25) is 4.79 Å². The Morgan fingerprint density at radius 2 is 1.60 bits per heavy atom. The molecule has 4 rings (SSSR count). The first-order valence-electron chi connectivity index (χ1n) is 9.67. The molecule has 5 heteroatoms. The summed E-state index contributed by atoms with van der Waals surface area (Å²) in [6.45, 7) is 2.27. The van der Waals surface area contributed by atoms with Gasteiger partial charge in [-0.25, -0.2) is 4.39 Å². The number of nitrogens with zero attached hydrogens (tertiary/aromatic N) is 1. The highest BCUT2D eigenvalue weighted by Gasteiger charge is 2.40. The van der Waals surface area contributed by atoms with Gasteiger partial charge in [0.25, 0.3) is 5.91 Å². The van der Waals surface area contributed by atoms with Gasteiger partial charge in [0.05, 0.1) is 13.2 Å². The van der Waals surface area contributed by atoms with Crippen molar-refractivity contribution in [2.45, 2.75) is 19.5 Å². The molecular formula is C25H22FNO3. The Balaban J connectivity index is 1.77. The first-order chi connectivity index (χ1) is 14.5. The minimum Gasteiger partial charge on any atom is -0.503 e. The van der Waals surface area contributed by atoms with Crippen LogP contribution in [0.4, 0.5) is 4.39 Å². The lowest BCUT2D eigenvalue weighted by atomic mass is 9.93. The van der Waals surface area contributed by atoms with Crippen LogP contribution in [-0.2, 0) is 11.3 Å². The summed E-state index contributed by atoms with van der Waals surface area (Å²) in [5.74, 6) is -0.352. The summed E-state index contributed by atoms with van der Waals surface area (Å²) in [5, 5.41) is 10.8. The van der Waals surface area contributed by atoms with E-state index >= 15 is 0 Å². The van der Waals surface area contributed by atoms with Crippen LogP contribution < -0.4 is 4.74 Å². The second-order valence-corrected chi connectivity index (χ2v) is 7.36. The van der Waals surface area contributed by atoms with E-state index in [1.165, 1.54) is 12.1 Å². The molecule has 0 aliphatic carbocycles. The van der Waals surface area contributed by atoms with Gasteiger partial charge in [-0.05, 0) is 47.9 Å². The number of methoxy groups -OCH3 is 1. The van der Waals surface area contributed by atoms with Crippen LogP contribution in [0.3, 0.4) is 0 Å². The second-order valence-electron chi connectivity index (χ2n) is 7.36. The molecule has 30 heavy (non-hydrogen) atoms. The van der Waals surface area contributed by atoms with Crippen LogP contribution in [0.25, 0.3) is 5.57 Å². The molecule has 1 heterocycles. The van der Waals surface area contributed by atoms with Crippen molar-refractivity contribution in [1.82, 2.24) is 4.90 Å². The van der Waals surface area contributed by atoms with E-state index in [1.54, 1.807) is 24.1 Å². The third-order valence-electron chi connectivity index (χ3n) is 5.36. The molecule has 1 unspecified atom stereocenters. The fourth-order valence-electron chi connectivity index (χ4n) is 3.76. The maximum Gasteiger partial charge on any atom is 0.290 e. The summed E-state index contributed by atoms with van der Waals surface area (Å²) in [6, 6.07) is 20.6. The third-order valence-corrected chi connectivity index (χ3v) is 5.36. The Hall–Kier alpha value is -3.60. The van der Waals surface area contributed by atoms with E-state index in [2.05, 4.69) is 0 Å². The van der Waals surface area contributed by atoms with E-state index in [0.717, 1.165) is 28.0 Å². The summed E-state index contributed by atoms with van der Waals surface area (Å²) in [6.07, 6.45) is 0. The molecular weight excluding hydrogens is 381 g/mol. The Morgan fingerprint density at radius 1 is 0.967 bits per heavy atom. The number of rotatable bonds is 5. The maximum absolute atomic E-state index is 13.6. The monoisotopic (exact) mass is 403 g/mol. The summed E-state index contributed by atoms with van der Waals surface area (Å²) < 4.78 is 18.8. The third kappa shape index (κ3) is 3.66. The highest BCUT2D eigenvalue weighted by Crippen LogP contribution is 2.43. The lowest BCUT2D eigenvalue weighted by Gasteiger charge is -2.27. The number of benzene rings is 3. The fraction of sp³-hybridized carbons (Fsp3) is 0.160. The number of aliphatic hydroxyl groups is 1. The molecule has 0 aromatic heterocycles. The van der Waals surface area contributed by atoms with Crippen molar-refractivity contribution in [2.24, 2.45) is 0 Å². The van der Waals surface area contributed by atoms with Crippen LogP contribution in [0.1, 0.15) is 28.3 Å². The first-order valence-corrected chi connectivity index (χ1v) is 9.67. The molecule has 1 aliphatic rings. The van der Waals surface area contributed by atoms with Crippen LogP contribution >= 0.6 is 0 Å². The van der Waals surface area contributed by atoms with Crippen molar-refractivity contribution >= 4 is 11.5 Å². The highest BCUT2D eigenvalue weighted by atomic mass is 19.1. The molecule has 1 N–H and O–H groups in total. The standard InChI is InChI=1S/C25H22FNO3/c1-16-3-7-18(8-4-16)22-23(19-9-11-20(26)12-10-19)27(25(29)24(22)28)15-17-5-13-21(30-2)14-6-17/h3-14,23,28H,15H2,1-2H3. The smallest absolute Gasteiger partial charge is 0.290 e. The molecule has 0 spiro atoms. The molecule has 0 fully saturated rings. The number of carbonyl (C=O) groups is 1. The largest absolute Gasteiger partial charge is 0.503 e. The van der Waals surface area contributed by atoms with Gasteiger partial charge in [0, 0.05) is 12.1 Å². The Labute approximate surface area is 174 Å². The van der Waals surface area contributed by atoms with Crippen LogP contribution in [0.5, 0.6) is 5.75 Å². The van der Waals surface area contributed by atoms with Gasteiger partial charge in [0.2, 0.25) is 0 Å². The minimum absolute atomic E-state index is 0.276. The SMILES string of the molecule is COc1ccc(CN2C(=O)C(O)=C(c3ccc(C)cc3)C2c2ccc(F)cc2)cc1. The first kappa shape index (κ1) is 19.7. The molecule has 1 atom stereocenters. The topological polar surface area (TPSA) is 49.8 Å². The lowest BCUT2D eigenvalue weighted by Crippen LogP contribution is -2.29. The molecule has 0 radical (unpaired) electrons. The molecule has 0 saturated carbocycles. The summed E-state index contributed by atoms with van der Waals surface area (Å²) >= 11 is 0. The number of amides is 1. The molecule has 3 aromatic rings. The number of halogens is 1. The average molecular weight is 403 g/mol. The van der Waals surface area contributed by atoms with Gasteiger partial charge in [-0.1, -0.05) is 54.1 Å². The molecule has 0 bridgehead atoms. The maximum atomic E-state index is 13.6. The minimum atomic E-state index is -0.525. The van der Waals surface area contributed by atoms with Crippen molar-refractivity contribution in [2.75, 3.05) is 7.11 Å². The van der Waals surface area contributed by atoms with E-state index in [1.807, 2.05) is 55.5 Å². The van der Waals surface area contributed by atoms with E-state index in [4.69, 9.17) is 4.74 Å². The van der Waals surface area contributed by atoms with E-state index in [0.29, 0.717) is 12.1 Å². The van der Waals surface area contributed by atoms with Crippen LogP contribution in [0.2, 0.25) is 0 Å². The number of hydrogen-bond donors (Lipinski definition) is 1. The van der Waals surface area contributed by atoms with Crippen molar-refractivity contribution in [3.05, 3.63) is 107 Å². The zero-order chi connectivity index (χ0) is 21.3. The number of carbonyl (C=O) groups excluding carboxylic acids is 1. The van der Waals surface area contributed by atoms with Gasteiger partial charge < -0.3 is 14.7 Å². The van der Waals surface area contributed by atoms with Crippen LogP contribution in [0.15, 0.2) is 78.6 Å². The molecule has 3 aromatic carbocycles. The summed E-state index contributed by atoms with van der Waals surface area (Å²) in [4.78, 5) is 14.7. The van der Waals surface area contributed by atoms with Crippen molar-refractivity contribution in [3.8, 4) is 5.75 Å². The quantitative estimate of drug-likeness (QED) is 0.637. The van der Waals surface area contributed by atoms with Crippen LogP contribution in [-0.4, -0.2) is 23.0 Å². The Morgan fingerprint density at radius 3 is 2.20 bits per heavy atom. The Kier molecular flexibility index (Phi) is 5.27. The number of aliphatic hydroxyl groups excluding tert-OH is 1. The number of hydrogen-bond acceptors (Lipinski definition) is 3. The average Bonchev–Trinajstić information content (AvgIpc) is 3.00. The van der Waals surface area contributed by atoms with E-state index in [9.17, 15) is 14.3 Å². The zero-order valence-electron chi connectivity index (χ0n) is 16.8. The van der Waals surface area contributed by atoms with Gasteiger partial charge in [-0.2, -0.15) is 0 Å². The summed E-state index contributed by atoms with van der Waals surface area (Å²) in [7, 11) is 1.60. The van der Waals surface area contributed by atoms with Crippen molar-refractivity contribution in [1.29, 1.82) is 0 Å². The van der Waals surface area contributed by atoms with Gasteiger partial charge in [0.1, 0.15) is 11.6 Å². The van der Waals surface area contributed by atoms with E-state index in [-0.39, 0.29) is 11.6 Å². The van der Waals surface area contributed by atoms with Gasteiger partial charge in [-0.15, -0.1) is 0 Å². The van der Waals surface area contributed by atoms with Crippen LogP contribution in [0, 0.1) is 12.7 Å². The van der Waals surface area contributed by atoms with E-state index < -0.39 is 11.9 Å². The van der Waals surface area contributed by atoms with Crippen molar-refractivity contribution < 1.29 is 19.0 Å². The zero-order valence-corrected chi connectivity index (χ0v) is 16.8. The lowest BCUT2D eigenvalue weighted by molar-refractivity contribution is -0.130. The summed E-state index contributed by atoms with van der Waals surface area (Å²) in [5.41, 5.74) is 4.00. The van der Waals surface area contributed by atoms with Gasteiger partial charge >= 0.3 is 0 Å². The predicted octanol–water partition coefficient (Wildman–Crippen LogP) is 5.20. The second kappa shape index (κ2) is 8.03. The van der Waals surface area contributed by atoms with Crippen molar-refractivity contribution in [3.63, 3.8) is 0 Å². The molecule has 0 saturated heterocycles. The molecule has 152 valence electrons. The Bertz CT molecular complexity index is 1090. The number of ether oxygens (including phenoxy) is 1. The molecule has 1 amide bonds. The highest BCUT2D eigenvalue weighted by molar-refractivity contribution is 6.05. The number of aryl methyl sites for hydroxylation is 1. The predicted molar refractivity (Wildman–Crippen MR) is 113 cm³/mol. The van der Waals surface area contributed by atoms with Gasteiger partial charge in [0.15, 0.2) is 5.76 Å². The molecule has 4 nitrogen and oxygen atoms in total. The normalized spacial score (nSPS) is 16.3. The fourth-order valence-corrected chi connectivity index (χ4v) is 3.76.